The molecule has 1 amide bonds. The minimum atomic E-state index is -4.67. The summed E-state index contributed by atoms with van der Waals surface area (Å²) in [6, 6.07) is 0.275. The maximum absolute atomic E-state index is 12.6. The van der Waals surface area contributed by atoms with Gasteiger partial charge in [-0.15, -0.1) is 10.2 Å². The monoisotopic (exact) mass is 337 g/mol. The van der Waals surface area contributed by atoms with Crippen LogP contribution in [-0.4, -0.2) is 43.5 Å². The maximum atomic E-state index is 12.6. The van der Waals surface area contributed by atoms with Gasteiger partial charge in [0.1, 0.15) is 0 Å². The Morgan fingerprint density at radius 3 is 2.41 bits per heavy atom. The Balaban J connectivity index is 2.01. The number of aromatic nitrogens is 3. The van der Waals surface area contributed by atoms with E-state index in [-0.39, 0.29) is 28.9 Å². The summed E-state index contributed by atoms with van der Waals surface area (Å²) >= 11 is 0.863. The topological polar surface area (TPSA) is 77.0 Å². The summed E-state index contributed by atoms with van der Waals surface area (Å²) in [5.74, 6) is 3.92. The molecule has 0 radical (unpaired) electrons. The Morgan fingerprint density at radius 2 is 1.91 bits per heavy atom. The number of nitrogens with zero attached hydrogens (tertiary/aromatic N) is 4. The van der Waals surface area contributed by atoms with E-state index in [9.17, 15) is 18.0 Å². The van der Waals surface area contributed by atoms with Gasteiger partial charge in [0.2, 0.25) is 11.1 Å². The first-order chi connectivity index (χ1) is 10.2. The van der Waals surface area contributed by atoms with Crippen LogP contribution in [0.15, 0.2) is 5.16 Å². The number of carbonyl (C=O) groups excluding carboxylic acids is 1. The zero-order valence-corrected chi connectivity index (χ0v) is 13.1. The lowest BCUT2D eigenvalue weighted by molar-refractivity contribution is -0.146. The highest BCUT2D eigenvalue weighted by atomic mass is 32.2. The largest absolute Gasteiger partial charge is 0.453 e. The van der Waals surface area contributed by atoms with Gasteiger partial charge in [0.05, 0.1) is 5.75 Å². The number of hydrogen-bond donors (Lipinski definition) is 1. The Morgan fingerprint density at radius 1 is 1.32 bits per heavy atom. The molecule has 0 saturated carbocycles. The summed E-state index contributed by atoms with van der Waals surface area (Å²) in [7, 11) is 0. The Kier molecular flexibility index (Phi) is 4.88. The van der Waals surface area contributed by atoms with Gasteiger partial charge in [-0.05, 0) is 33.1 Å². The number of thioether (sulfide) groups is 1. The number of likely N-dealkylation sites (tertiary alicyclic amines) is 1. The first kappa shape index (κ1) is 16.9. The van der Waals surface area contributed by atoms with Crippen LogP contribution in [0.1, 0.15) is 38.9 Å². The molecular formula is C12H18F3N5OS. The standard InChI is InChI=1S/C12H18F3N5OS/c1-7-4-3-5-8(2)19(7)9(21)6-22-11-18-17-10(20(11)16)12(13,14)15/h7-8H,3-6,16H2,1-2H3/t7-,8-/m0/s1. The number of hydrogen-bond acceptors (Lipinski definition) is 5. The summed E-state index contributed by atoms with van der Waals surface area (Å²) < 4.78 is 38.1. The van der Waals surface area contributed by atoms with E-state index in [1.807, 2.05) is 13.8 Å². The SMILES string of the molecule is C[C@H]1CCC[C@H](C)N1C(=O)CSc1nnc(C(F)(F)F)n1N. The van der Waals surface area contributed by atoms with Crippen LogP contribution in [0.25, 0.3) is 0 Å². The van der Waals surface area contributed by atoms with E-state index in [0.717, 1.165) is 31.0 Å². The number of piperidine rings is 1. The molecule has 2 heterocycles. The number of halogens is 3. The van der Waals surface area contributed by atoms with Crippen LogP contribution in [0.2, 0.25) is 0 Å². The van der Waals surface area contributed by atoms with Crippen LogP contribution < -0.4 is 5.84 Å². The number of nitrogens with two attached hydrogens (primary N) is 1. The van der Waals surface area contributed by atoms with Gasteiger partial charge in [0.15, 0.2) is 0 Å². The van der Waals surface area contributed by atoms with Crippen LogP contribution in [0, 0.1) is 0 Å². The van der Waals surface area contributed by atoms with E-state index in [2.05, 4.69) is 10.2 Å². The molecule has 1 aliphatic heterocycles. The minimum absolute atomic E-state index is 0.0120. The quantitative estimate of drug-likeness (QED) is 0.673. The Hall–Kier alpha value is -1.45. The predicted molar refractivity (Wildman–Crippen MR) is 75.5 cm³/mol. The van der Waals surface area contributed by atoms with E-state index >= 15 is 0 Å². The van der Waals surface area contributed by atoms with Crippen molar-refractivity contribution in [3.05, 3.63) is 5.82 Å². The van der Waals surface area contributed by atoms with Gasteiger partial charge < -0.3 is 10.7 Å². The molecule has 1 fully saturated rings. The number of nitrogen functional groups attached to an aromatic ring is 1. The fraction of sp³-hybridized carbons (Fsp3) is 0.750. The van der Waals surface area contributed by atoms with E-state index in [1.54, 1.807) is 4.90 Å². The van der Waals surface area contributed by atoms with Crippen molar-refractivity contribution in [2.45, 2.75) is 56.5 Å². The molecule has 10 heteroatoms. The smallest absolute Gasteiger partial charge is 0.337 e. The second-order valence-corrected chi connectivity index (χ2v) is 6.34. The van der Waals surface area contributed by atoms with Crippen LogP contribution in [0.3, 0.4) is 0 Å². The van der Waals surface area contributed by atoms with Crippen LogP contribution in [-0.2, 0) is 11.0 Å². The summed E-state index contributed by atoms with van der Waals surface area (Å²) in [6.07, 6.45) is -1.72. The molecule has 0 bridgehead atoms. The zero-order chi connectivity index (χ0) is 16.5. The summed E-state index contributed by atoms with van der Waals surface area (Å²) in [6.45, 7) is 3.96. The lowest BCUT2D eigenvalue weighted by Gasteiger charge is -2.39. The van der Waals surface area contributed by atoms with Crippen molar-refractivity contribution in [3.63, 3.8) is 0 Å². The molecule has 1 aromatic heterocycles. The highest BCUT2D eigenvalue weighted by molar-refractivity contribution is 7.99. The second kappa shape index (κ2) is 6.35. The van der Waals surface area contributed by atoms with Gasteiger partial charge in [-0.3, -0.25) is 4.79 Å². The van der Waals surface area contributed by atoms with Crippen molar-refractivity contribution in [2.75, 3.05) is 11.6 Å². The molecule has 1 aliphatic rings. The molecule has 1 saturated heterocycles. The molecule has 22 heavy (non-hydrogen) atoms. The zero-order valence-electron chi connectivity index (χ0n) is 12.3. The minimum Gasteiger partial charge on any atom is -0.337 e. The molecule has 0 aromatic carbocycles. The fourth-order valence-corrected chi connectivity index (χ4v) is 3.41. The van der Waals surface area contributed by atoms with Crippen molar-refractivity contribution >= 4 is 17.7 Å². The molecule has 2 rings (SSSR count). The molecule has 1 aromatic rings. The van der Waals surface area contributed by atoms with Gasteiger partial charge in [0.25, 0.3) is 5.82 Å². The maximum Gasteiger partial charge on any atom is 0.453 e. The fourth-order valence-electron chi connectivity index (χ4n) is 2.68. The molecule has 2 N–H and O–H groups in total. The Labute approximate surface area is 130 Å². The number of carbonyl (C=O) groups is 1. The normalized spacial score (nSPS) is 22.9. The van der Waals surface area contributed by atoms with Crippen LogP contribution in [0.5, 0.6) is 0 Å². The summed E-state index contributed by atoms with van der Waals surface area (Å²) in [4.78, 5) is 14.1. The molecule has 2 atom stereocenters. The molecule has 0 aliphatic carbocycles. The summed E-state index contributed by atoms with van der Waals surface area (Å²) in [5, 5.41) is 6.30. The molecule has 124 valence electrons. The molecule has 0 unspecified atom stereocenters. The van der Waals surface area contributed by atoms with Gasteiger partial charge in [-0.25, -0.2) is 4.68 Å². The lowest BCUT2D eigenvalue weighted by Crippen LogP contribution is -2.48. The number of amides is 1. The van der Waals surface area contributed by atoms with E-state index in [4.69, 9.17) is 5.84 Å². The van der Waals surface area contributed by atoms with Gasteiger partial charge in [0, 0.05) is 12.1 Å². The first-order valence-electron chi connectivity index (χ1n) is 6.93. The van der Waals surface area contributed by atoms with E-state index < -0.39 is 12.0 Å². The summed E-state index contributed by atoms with van der Waals surface area (Å²) in [5.41, 5.74) is 0. The predicted octanol–water partition coefficient (Wildman–Crippen LogP) is 1.89. The van der Waals surface area contributed by atoms with Crippen molar-refractivity contribution in [1.29, 1.82) is 0 Å². The third-order valence-corrected chi connectivity index (χ3v) is 4.65. The van der Waals surface area contributed by atoms with Crippen LogP contribution >= 0.6 is 11.8 Å². The van der Waals surface area contributed by atoms with Gasteiger partial charge in [-0.2, -0.15) is 13.2 Å². The van der Waals surface area contributed by atoms with Gasteiger partial charge >= 0.3 is 6.18 Å². The van der Waals surface area contributed by atoms with Crippen molar-refractivity contribution in [1.82, 2.24) is 19.8 Å². The van der Waals surface area contributed by atoms with E-state index in [1.165, 1.54) is 0 Å². The van der Waals surface area contributed by atoms with Crippen molar-refractivity contribution < 1.29 is 18.0 Å². The first-order valence-corrected chi connectivity index (χ1v) is 7.92. The highest BCUT2D eigenvalue weighted by Gasteiger charge is 2.38. The van der Waals surface area contributed by atoms with Crippen molar-refractivity contribution in [3.8, 4) is 0 Å². The Bertz CT molecular complexity index is 537. The molecule has 0 spiro atoms. The molecule has 6 nitrogen and oxygen atoms in total. The van der Waals surface area contributed by atoms with Crippen LogP contribution in [0.4, 0.5) is 13.2 Å². The third-order valence-electron chi connectivity index (χ3n) is 3.72. The van der Waals surface area contributed by atoms with Crippen molar-refractivity contribution in [2.24, 2.45) is 0 Å². The molecular weight excluding hydrogens is 319 g/mol. The van der Waals surface area contributed by atoms with E-state index in [0.29, 0.717) is 4.68 Å². The number of alkyl halides is 3. The average molecular weight is 337 g/mol. The number of rotatable bonds is 3. The average Bonchev–Trinajstić information content (AvgIpc) is 2.77. The lowest BCUT2D eigenvalue weighted by atomic mass is 9.98. The second-order valence-electron chi connectivity index (χ2n) is 5.39. The highest BCUT2D eigenvalue weighted by Crippen LogP contribution is 2.29. The third kappa shape index (κ3) is 3.47. The van der Waals surface area contributed by atoms with Gasteiger partial charge in [-0.1, -0.05) is 11.8 Å².